The number of rotatable bonds is 4. The van der Waals surface area contributed by atoms with Crippen LogP contribution in [0, 0.1) is 17.0 Å². The fraction of sp³-hybridized carbons (Fsp3) is 0.231. The summed E-state index contributed by atoms with van der Waals surface area (Å²) in [5, 5.41) is 13.9. The van der Waals surface area contributed by atoms with E-state index < -0.39 is 4.92 Å². The van der Waals surface area contributed by atoms with Gasteiger partial charge in [-0.25, -0.2) is 4.98 Å². The Labute approximate surface area is 110 Å². The lowest BCUT2D eigenvalue weighted by molar-refractivity contribution is -0.384. The first-order valence-corrected chi connectivity index (χ1v) is 5.92. The van der Waals surface area contributed by atoms with E-state index in [1.54, 1.807) is 12.4 Å². The zero-order valence-electron chi connectivity index (χ0n) is 10.8. The largest absolute Gasteiger partial charge is 0.370 e. The summed E-state index contributed by atoms with van der Waals surface area (Å²) in [6, 6.07) is 4.78. The lowest BCUT2D eigenvalue weighted by Crippen LogP contribution is -2.01. The second-order valence-corrected chi connectivity index (χ2v) is 4.13. The summed E-state index contributed by atoms with van der Waals surface area (Å²) in [4.78, 5) is 19.0. The molecule has 0 fully saturated rings. The molecule has 1 N–H and O–H groups in total. The second kappa shape index (κ2) is 5.43. The van der Waals surface area contributed by atoms with Gasteiger partial charge >= 0.3 is 0 Å². The molecule has 2 heterocycles. The standard InChI is InChI=1S/C13H14N4O2/c1-3-15-13-6-11(17(18)19)5-12(16-13)10-4-9(2)7-14-8-10/h4-8H,3H2,1-2H3,(H,15,16). The predicted octanol–water partition coefficient (Wildman–Crippen LogP) is 2.79. The van der Waals surface area contributed by atoms with Crippen LogP contribution in [0.1, 0.15) is 12.5 Å². The average molecular weight is 258 g/mol. The van der Waals surface area contributed by atoms with Crippen LogP contribution in [-0.4, -0.2) is 21.4 Å². The Morgan fingerprint density at radius 2 is 2.11 bits per heavy atom. The van der Waals surface area contributed by atoms with Crippen LogP contribution in [0.3, 0.4) is 0 Å². The van der Waals surface area contributed by atoms with Gasteiger partial charge in [0.1, 0.15) is 5.82 Å². The maximum atomic E-state index is 10.9. The lowest BCUT2D eigenvalue weighted by atomic mass is 10.1. The molecule has 0 unspecified atom stereocenters. The third-order valence-electron chi connectivity index (χ3n) is 2.55. The Bertz CT molecular complexity index is 613. The molecule has 0 aromatic carbocycles. The van der Waals surface area contributed by atoms with Crippen LogP contribution in [0.4, 0.5) is 11.5 Å². The Balaban J connectivity index is 2.52. The number of hydrogen-bond donors (Lipinski definition) is 1. The molecule has 2 aromatic rings. The van der Waals surface area contributed by atoms with Crippen LogP contribution >= 0.6 is 0 Å². The van der Waals surface area contributed by atoms with E-state index in [9.17, 15) is 10.1 Å². The van der Waals surface area contributed by atoms with Gasteiger partial charge in [-0.15, -0.1) is 0 Å². The number of anilines is 1. The second-order valence-electron chi connectivity index (χ2n) is 4.13. The van der Waals surface area contributed by atoms with Crippen molar-refractivity contribution in [2.75, 3.05) is 11.9 Å². The fourth-order valence-corrected chi connectivity index (χ4v) is 1.74. The van der Waals surface area contributed by atoms with Gasteiger partial charge in [0.2, 0.25) is 0 Å². The molecule has 0 aliphatic heterocycles. The van der Waals surface area contributed by atoms with Crippen molar-refractivity contribution in [2.24, 2.45) is 0 Å². The molecule has 2 aromatic heterocycles. The smallest absolute Gasteiger partial charge is 0.275 e. The van der Waals surface area contributed by atoms with Crippen molar-refractivity contribution in [2.45, 2.75) is 13.8 Å². The number of hydrogen-bond acceptors (Lipinski definition) is 5. The molecule has 0 saturated carbocycles. The molecule has 0 radical (unpaired) electrons. The number of aryl methyl sites for hydroxylation is 1. The molecule has 0 aliphatic carbocycles. The van der Waals surface area contributed by atoms with E-state index in [-0.39, 0.29) is 5.69 Å². The number of nitrogens with one attached hydrogen (secondary N) is 1. The molecule has 0 bridgehead atoms. The van der Waals surface area contributed by atoms with Crippen LogP contribution < -0.4 is 5.32 Å². The number of pyridine rings is 2. The first kappa shape index (κ1) is 12.9. The summed E-state index contributed by atoms with van der Waals surface area (Å²) >= 11 is 0. The molecule has 6 heteroatoms. The minimum absolute atomic E-state index is 0.0162. The van der Waals surface area contributed by atoms with E-state index in [4.69, 9.17) is 0 Å². The summed E-state index contributed by atoms with van der Waals surface area (Å²) in [5.41, 5.74) is 2.31. The molecule has 0 spiro atoms. The summed E-state index contributed by atoms with van der Waals surface area (Å²) in [6.45, 7) is 4.48. The van der Waals surface area contributed by atoms with Crippen LogP contribution in [0.5, 0.6) is 0 Å². The van der Waals surface area contributed by atoms with Gasteiger partial charge in [0.15, 0.2) is 0 Å². The first-order valence-electron chi connectivity index (χ1n) is 5.92. The van der Waals surface area contributed by atoms with Gasteiger partial charge in [-0.1, -0.05) is 0 Å². The highest BCUT2D eigenvalue weighted by molar-refractivity contribution is 5.65. The maximum absolute atomic E-state index is 10.9. The molecule has 6 nitrogen and oxygen atoms in total. The van der Waals surface area contributed by atoms with Crippen molar-refractivity contribution in [1.29, 1.82) is 0 Å². The van der Waals surface area contributed by atoms with E-state index in [1.807, 2.05) is 19.9 Å². The summed E-state index contributed by atoms with van der Waals surface area (Å²) in [6.07, 6.45) is 3.38. The minimum Gasteiger partial charge on any atom is -0.370 e. The van der Waals surface area contributed by atoms with E-state index in [0.29, 0.717) is 18.1 Å². The van der Waals surface area contributed by atoms with Crippen LogP contribution in [0.2, 0.25) is 0 Å². The first-order chi connectivity index (χ1) is 9.10. The fourth-order valence-electron chi connectivity index (χ4n) is 1.74. The highest BCUT2D eigenvalue weighted by atomic mass is 16.6. The topological polar surface area (TPSA) is 81.0 Å². The molecule has 19 heavy (non-hydrogen) atoms. The normalized spacial score (nSPS) is 10.2. The van der Waals surface area contributed by atoms with Gasteiger partial charge in [-0.2, -0.15) is 0 Å². The van der Waals surface area contributed by atoms with Gasteiger partial charge in [-0.3, -0.25) is 15.1 Å². The highest BCUT2D eigenvalue weighted by Crippen LogP contribution is 2.25. The van der Waals surface area contributed by atoms with Crippen molar-refractivity contribution in [3.05, 3.63) is 46.3 Å². The van der Waals surface area contributed by atoms with Gasteiger partial charge in [0.05, 0.1) is 16.7 Å². The molecule has 0 atom stereocenters. The van der Waals surface area contributed by atoms with Gasteiger partial charge in [-0.05, 0) is 25.5 Å². The van der Waals surface area contributed by atoms with Crippen LogP contribution in [0.15, 0.2) is 30.6 Å². The monoisotopic (exact) mass is 258 g/mol. The minimum atomic E-state index is -0.421. The van der Waals surface area contributed by atoms with Crippen LogP contribution in [-0.2, 0) is 0 Å². The SMILES string of the molecule is CCNc1cc([N+](=O)[O-])cc(-c2cncc(C)c2)n1. The number of nitrogens with zero attached hydrogens (tertiary/aromatic N) is 3. The van der Waals surface area contributed by atoms with Crippen molar-refractivity contribution >= 4 is 11.5 Å². The van der Waals surface area contributed by atoms with Gasteiger partial charge in [0, 0.05) is 30.6 Å². The molecule has 0 amide bonds. The van der Waals surface area contributed by atoms with Crippen molar-refractivity contribution in [3.8, 4) is 11.3 Å². The van der Waals surface area contributed by atoms with Crippen molar-refractivity contribution in [1.82, 2.24) is 9.97 Å². The third-order valence-corrected chi connectivity index (χ3v) is 2.55. The van der Waals surface area contributed by atoms with Crippen molar-refractivity contribution in [3.63, 3.8) is 0 Å². The van der Waals surface area contributed by atoms with E-state index in [1.165, 1.54) is 12.1 Å². The molecule has 98 valence electrons. The predicted molar refractivity (Wildman–Crippen MR) is 73.0 cm³/mol. The Kier molecular flexibility index (Phi) is 3.70. The average Bonchev–Trinajstić information content (AvgIpc) is 2.38. The summed E-state index contributed by atoms with van der Waals surface area (Å²) in [5.74, 6) is 0.494. The van der Waals surface area contributed by atoms with Gasteiger partial charge in [0.25, 0.3) is 5.69 Å². The molecular weight excluding hydrogens is 244 g/mol. The Morgan fingerprint density at radius 3 is 2.74 bits per heavy atom. The third kappa shape index (κ3) is 3.04. The molecular formula is C13H14N4O2. The lowest BCUT2D eigenvalue weighted by Gasteiger charge is -2.06. The molecule has 0 aliphatic rings. The molecule has 2 rings (SSSR count). The maximum Gasteiger partial charge on any atom is 0.275 e. The van der Waals surface area contributed by atoms with E-state index in [2.05, 4.69) is 15.3 Å². The quantitative estimate of drug-likeness (QED) is 0.673. The van der Waals surface area contributed by atoms with E-state index in [0.717, 1.165) is 11.1 Å². The zero-order valence-corrected chi connectivity index (χ0v) is 10.8. The zero-order chi connectivity index (χ0) is 13.8. The van der Waals surface area contributed by atoms with Gasteiger partial charge < -0.3 is 5.32 Å². The highest BCUT2D eigenvalue weighted by Gasteiger charge is 2.12. The summed E-state index contributed by atoms with van der Waals surface area (Å²) in [7, 11) is 0. The number of aromatic nitrogens is 2. The van der Waals surface area contributed by atoms with E-state index >= 15 is 0 Å². The van der Waals surface area contributed by atoms with Crippen molar-refractivity contribution < 1.29 is 4.92 Å². The molecule has 0 saturated heterocycles. The Hall–Kier alpha value is -2.50. The summed E-state index contributed by atoms with van der Waals surface area (Å²) < 4.78 is 0. The van der Waals surface area contributed by atoms with Crippen LogP contribution in [0.25, 0.3) is 11.3 Å². The number of nitro groups is 1. The Morgan fingerprint density at radius 1 is 1.32 bits per heavy atom.